The van der Waals surface area contributed by atoms with Crippen LogP contribution in [0.1, 0.15) is 13.8 Å². The minimum Gasteiger partial charge on any atom is -0.490 e. The second kappa shape index (κ2) is 5.37. The quantitative estimate of drug-likeness (QED) is 0.783. The fourth-order valence-corrected chi connectivity index (χ4v) is 2.43. The molecule has 0 radical (unpaired) electrons. The standard InChI is InChI=1S/C16H19FN2O/c1-11(2)8-19-9-14(19)10-20-15-6-12-5-13(17)3-4-16(12)18-7-15/h3-7,11,14H,8-10H2,1-2H3. The largest absolute Gasteiger partial charge is 0.490 e. The molecule has 1 saturated heterocycles. The highest BCUT2D eigenvalue weighted by Gasteiger charge is 2.34. The van der Waals surface area contributed by atoms with Gasteiger partial charge in [-0.2, -0.15) is 0 Å². The van der Waals surface area contributed by atoms with Crippen LogP contribution < -0.4 is 4.74 Å². The molecule has 20 heavy (non-hydrogen) atoms. The summed E-state index contributed by atoms with van der Waals surface area (Å²) in [6.45, 7) is 7.34. The van der Waals surface area contributed by atoms with Gasteiger partial charge in [0.25, 0.3) is 0 Å². The molecule has 1 aromatic heterocycles. The van der Waals surface area contributed by atoms with E-state index in [0.29, 0.717) is 24.3 Å². The molecule has 0 amide bonds. The van der Waals surface area contributed by atoms with Gasteiger partial charge in [0.1, 0.15) is 18.2 Å². The minimum atomic E-state index is -0.248. The third kappa shape index (κ3) is 3.07. The molecule has 3 rings (SSSR count). The molecular formula is C16H19FN2O. The topological polar surface area (TPSA) is 25.1 Å². The van der Waals surface area contributed by atoms with Crippen LogP contribution in [0.25, 0.3) is 10.9 Å². The van der Waals surface area contributed by atoms with Crippen LogP contribution in [0.4, 0.5) is 4.39 Å². The van der Waals surface area contributed by atoms with Gasteiger partial charge in [0.05, 0.1) is 17.8 Å². The fraction of sp³-hybridized carbons (Fsp3) is 0.438. The smallest absolute Gasteiger partial charge is 0.138 e. The molecule has 0 saturated carbocycles. The Morgan fingerprint density at radius 2 is 2.25 bits per heavy atom. The van der Waals surface area contributed by atoms with Crippen molar-refractivity contribution in [1.29, 1.82) is 0 Å². The summed E-state index contributed by atoms with van der Waals surface area (Å²) >= 11 is 0. The minimum absolute atomic E-state index is 0.248. The number of fused-ring (bicyclic) bond motifs is 1. The highest BCUT2D eigenvalue weighted by atomic mass is 19.1. The number of nitrogens with zero attached hydrogens (tertiary/aromatic N) is 2. The fourth-order valence-electron chi connectivity index (χ4n) is 2.43. The van der Waals surface area contributed by atoms with E-state index in [9.17, 15) is 4.39 Å². The van der Waals surface area contributed by atoms with Crippen molar-refractivity contribution in [3.05, 3.63) is 36.3 Å². The van der Waals surface area contributed by atoms with Gasteiger partial charge < -0.3 is 4.74 Å². The molecule has 2 aromatic rings. The molecular weight excluding hydrogens is 255 g/mol. The Hall–Kier alpha value is -1.68. The number of halogens is 1. The first-order valence-electron chi connectivity index (χ1n) is 7.04. The Bertz CT molecular complexity index is 614. The van der Waals surface area contributed by atoms with E-state index >= 15 is 0 Å². The zero-order valence-corrected chi connectivity index (χ0v) is 11.8. The molecule has 4 heteroatoms. The van der Waals surface area contributed by atoms with E-state index in [2.05, 4.69) is 23.7 Å². The summed E-state index contributed by atoms with van der Waals surface area (Å²) in [5, 5.41) is 0.775. The average molecular weight is 274 g/mol. The molecule has 1 aliphatic rings. The van der Waals surface area contributed by atoms with Gasteiger partial charge in [0.2, 0.25) is 0 Å². The Morgan fingerprint density at radius 3 is 3.05 bits per heavy atom. The molecule has 1 aromatic carbocycles. The molecule has 2 unspecified atom stereocenters. The molecule has 0 aliphatic carbocycles. The number of ether oxygens (including phenoxy) is 1. The van der Waals surface area contributed by atoms with Crippen LogP contribution in [0.5, 0.6) is 5.75 Å². The van der Waals surface area contributed by atoms with Crippen LogP contribution in [0.2, 0.25) is 0 Å². The average Bonchev–Trinajstić information content (AvgIpc) is 3.13. The Balaban J connectivity index is 1.61. The maximum absolute atomic E-state index is 13.2. The Labute approximate surface area is 118 Å². The lowest BCUT2D eigenvalue weighted by Crippen LogP contribution is -2.14. The number of rotatable bonds is 5. The first-order valence-corrected chi connectivity index (χ1v) is 7.04. The van der Waals surface area contributed by atoms with E-state index in [4.69, 9.17) is 4.74 Å². The number of hydrogen-bond acceptors (Lipinski definition) is 3. The third-order valence-corrected chi connectivity index (χ3v) is 3.49. The maximum Gasteiger partial charge on any atom is 0.138 e. The second-order valence-corrected chi connectivity index (χ2v) is 5.82. The van der Waals surface area contributed by atoms with Crippen molar-refractivity contribution in [2.75, 3.05) is 19.7 Å². The molecule has 1 aliphatic heterocycles. The van der Waals surface area contributed by atoms with Gasteiger partial charge in [-0.25, -0.2) is 4.39 Å². The zero-order valence-electron chi connectivity index (χ0n) is 11.8. The molecule has 0 N–H and O–H groups in total. The van der Waals surface area contributed by atoms with Crippen LogP contribution in [-0.4, -0.2) is 35.6 Å². The van der Waals surface area contributed by atoms with Crippen molar-refractivity contribution < 1.29 is 9.13 Å². The summed E-state index contributed by atoms with van der Waals surface area (Å²) in [5.74, 6) is 1.14. The first-order chi connectivity index (χ1) is 9.61. The van der Waals surface area contributed by atoms with Gasteiger partial charge in [0.15, 0.2) is 0 Å². The predicted octanol–water partition coefficient (Wildman–Crippen LogP) is 3.09. The van der Waals surface area contributed by atoms with E-state index in [1.165, 1.54) is 12.1 Å². The maximum atomic E-state index is 13.2. The monoisotopic (exact) mass is 274 g/mol. The SMILES string of the molecule is CC(C)CN1CC1COc1cnc2ccc(F)cc2c1. The second-order valence-electron chi connectivity index (χ2n) is 5.82. The van der Waals surface area contributed by atoms with E-state index in [0.717, 1.165) is 24.0 Å². The Kier molecular flexibility index (Phi) is 3.57. The molecule has 106 valence electrons. The van der Waals surface area contributed by atoms with Crippen LogP contribution in [0.3, 0.4) is 0 Å². The normalized spacial score (nSPS) is 21.4. The molecule has 2 atom stereocenters. The zero-order chi connectivity index (χ0) is 14.1. The molecule has 0 bridgehead atoms. The van der Waals surface area contributed by atoms with Gasteiger partial charge in [-0.3, -0.25) is 9.88 Å². The summed E-state index contributed by atoms with van der Waals surface area (Å²) in [4.78, 5) is 6.68. The van der Waals surface area contributed by atoms with Crippen molar-refractivity contribution in [3.63, 3.8) is 0 Å². The van der Waals surface area contributed by atoms with Crippen LogP contribution in [-0.2, 0) is 0 Å². The summed E-state index contributed by atoms with van der Waals surface area (Å²) in [5.41, 5.74) is 0.784. The summed E-state index contributed by atoms with van der Waals surface area (Å²) in [6.07, 6.45) is 1.70. The lowest BCUT2D eigenvalue weighted by atomic mass is 10.2. The van der Waals surface area contributed by atoms with Gasteiger partial charge in [-0.1, -0.05) is 13.8 Å². The van der Waals surface area contributed by atoms with Crippen molar-refractivity contribution in [3.8, 4) is 5.75 Å². The van der Waals surface area contributed by atoms with E-state index < -0.39 is 0 Å². The third-order valence-electron chi connectivity index (χ3n) is 3.49. The number of pyridine rings is 1. The van der Waals surface area contributed by atoms with E-state index in [1.54, 1.807) is 12.3 Å². The van der Waals surface area contributed by atoms with Gasteiger partial charge in [-0.15, -0.1) is 0 Å². The van der Waals surface area contributed by atoms with E-state index in [-0.39, 0.29) is 5.82 Å². The number of aromatic nitrogens is 1. The highest BCUT2D eigenvalue weighted by molar-refractivity contribution is 5.79. The number of benzene rings is 1. The van der Waals surface area contributed by atoms with Crippen molar-refractivity contribution in [2.24, 2.45) is 5.92 Å². The predicted molar refractivity (Wildman–Crippen MR) is 77.4 cm³/mol. The molecule has 1 fully saturated rings. The van der Waals surface area contributed by atoms with Crippen molar-refractivity contribution in [2.45, 2.75) is 19.9 Å². The summed E-state index contributed by atoms with van der Waals surface area (Å²) in [6, 6.07) is 6.95. The van der Waals surface area contributed by atoms with Gasteiger partial charge in [-0.05, 0) is 30.2 Å². The first kappa shape index (κ1) is 13.3. The lowest BCUT2D eigenvalue weighted by molar-refractivity contribution is 0.287. The lowest BCUT2D eigenvalue weighted by Gasteiger charge is -2.08. The van der Waals surface area contributed by atoms with Crippen LogP contribution in [0, 0.1) is 11.7 Å². The van der Waals surface area contributed by atoms with Gasteiger partial charge in [0, 0.05) is 18.5 Å². The van der Waals surface area contributed by atoms with E-state index in [1.807, 2.05) is 6.07 Å². The van der Waals surface area contributed by atoms with Crippen LogP contribution in [0.15, 0.2) is 30.5 Å². The highest BCUT2D eigenvalue weighted by Crippen LogP contribution is 2.23. The van der Waals surface area contributed by atoms with Crippen molar-refractivity contribution in [1.82, 2.24) is 9.88 Å². The number of hydrogen-bond donors (Lipinski definition) is 0. The van der Waals surface area contributed by atoms with Gasteiger partial charge >= 0.3 is 0 Å². The molecule has 3 nitrogen and oxygen atoms in total. The van der Waals surface area contributed by atoms with Crippen molar-refractivity contribution >= 4 is 10.9 Å². The summed E-state index contributed by atoms with van der Waals surface area (Å²) < 4.78 is 19.0. The molecule has 2 heterocycles. The van der Waals surface area contributed by atoms with Crippen LogP contribution >= 0.6 is 0 Å². The summed E-state index contributed by atoms with van der Waals surface area (Å²) in [7, 11) is 0. The molecule has 0 spiro atoms. The Morgan fingerprint density at radius 1 is 1.40 bits per heavy atom.